The molecule has 3 aromatic rings. The van der Waals surface area contributed by atoms with Gasteiger partial charge in [0.2, 0.25) is 0 Å². The highest BCUT2D eigenvalue weighted by molar-refractivity contribution is 6.05. The number of nitrogens with one attached hydrogen (secondary N) is 2. The number of carbonyl (C=O) groups is 2. The molecule has 2 atom stereocenters. The molecule has 1 aromatic heterocycles. The zero-order valence-electron chi connectivity index (χ0n) is 22.5. The van der Waals surface area contributed by atoms with Gasteiger partial charge in [-0.2, -0.15) is 0 Å². The Morgan fingerprint density at radius 2 is 1.84 bits per heavy atom. The monoisotopic (exact) mass is 508 g/mol. The number of ether oxygens (including phenoxy) is 1. The smallest absolute Gasteiger partial charge is 0.337 e. The number of ketones is 1. The van der Waals surface area contributed by atoms with Crippen LogP contribution in [0.25, 0.3) is 10.9 Å². The second kappa shape index (κ2) is 9.94. The van der Waals surface area contributed by atoms with E-state index in [2.05, 4.69) is 55.3 Å². The van der Waals surface area contributed by atoms with E-state index in [0.29, 0.717) is 18.4 Å². The molecular weight excluding hydrogens is 472 g/mol. The molecule has 5 heteroatoms. The summed E-state index contributed by atoms with van der Waals surface area (Å²) < 4.78 is 6.08. The molecule has 0 amide bonds. The fourth-order valence-corrected chi connectivity index (χ4v) is 6.87. The first-order chi connectivity index (χ1) is 18.4. The van der Waals surface area contributed by atoms with Crippen LogP contribution in [0.2, 0.25) is 0 Å². The summed E-state index contributed by atoms with van der Waals surface area (Å²) in [5, 5.41) is 4.63. The van der Waals surface area contributed by atoms with Crippen LogP contribution in [0, 0.1) is 13.8 Å². The first-order valence-electron chi connectivity index (χ1n) is 14.0. The Kier molecular flexibility index (Phi) is 6.46. The average molecular weight is 509 g/mol. The minimum atomic E-state index is -0.442. The lowest BCUT2D eigenvalue weighted by Crippen LogP contribution is -2.37. The van der Waals surface area contributed by atoms with Crippen LogP contribution < -0.4 is 5.32 Å². The maximum Gasteiger partial charge on any atom is 0.337 e. The minimum absolute atomic E-state index is 0.0388. The van der Waals surface area contributed by atoms with Crippen LogP contribution in [0.5, 0.6) is 0 Å². The number of esters is 1. The van der Waals surface area contributed by atoms with Crippen molar-refractivity contribution in [2.75, 3.05) is 0 Å². The third-order valence-electron chi connectivity index (χ3n) is 8.67. The Balaban J connectivity index is 1.47. The number of hydrogen-bond donors (Lipinski definition) is 2. The van der Waals surface area contributed by atoms with E-state index in [-0.39, 0.29) is 23.8 Å². The average Bonchev–Trinajstić information content (AvgIpc) is 3.59. The highest BCUT2D eigenvalue weighted by atomic mass is 16.5. The minimum Gasteiger partial charge on any atom is -0.459 e. The molecule has 1 aliphatic heterocycles. The summed E-state index contributed by atoms with van der Waals surface area (Å²) in [7, 11) is 0. The number of H-pyrrole nitrogens is 1. The topological polar surface area (TPSA) is 71.2 Å². The molecule has 5 nitrogen and oxygen atoms in total. The van der Waals surface area contributed by atoms with Crippen LogP contribution in [0.4, 0.5) is 0 Å². The molecule has 2 aromatic carbocycles. The molecule has 1 saturated carbocycles. The van der Waals surface area contributed by atoms with Gasteiger partial charge in [-0.15, -0.1) is 0 Å². The Bertz CT molecular complexity index is 1480. The van der Waals surface area contributed by atoms with E-state index < -0.39 is 5.92 Å². The van der Waals surface area contributed by atoms with Crippen LogP contribution >= 0.6 is 0 Å². The van der Waals surface area contributed by atoms with Crippen LogP contribution in [-0.4, -0.2) is 22.8 Å². The van der Waals surface area contributed by atoms with Crippen molar-refractivity contribution in [2.24, 2.45) is 0 Å². The third kappa shape index (κ3) is 4.28. The van der Waals surface area contributed by atoms with Crippen molar-refractivity contribution in [2.45, 2.75) is 83.7 Å². The molecule has 1 fully saturated rings. The first kappa shape index (κ1) is 24.7. The van der Waals surface area contributed by atoms with Crippen molar-refractivity contribution in [3.63, 3.8) is 0 Å². The fraction of sp³-hybridized carbons (Fsp3) is 0.394. The van der Waals surface area contributed by atoms with Gasteiger partial charge in [-0.3, -0.25) is 4.79 Å². The number of aromatic nitrogens is 1. The van der Waals surface area contributed by atoms with Gasteiger partial charge in [0.05, 0.1) is 5.57 Å². The van der Waals surface area contributed by atoms with Crippen molar-refractivity contribution in [3.05, 3.63) is 93.5 Å². The van der Waals surface area contributed by atoms with Crippen LogP contribution in [0.15, 0.2) is 71.2 Å². The van der Waals surface area contributed by atoms with Gasteiger partial charge in [0.25, 0.3) is 0 Å². The number of carbonyl (C=O) groups excluding carboxylic acids is 2. The molecule has 2 heterocycles. The standard InChI is InChI=1S/C33H36N2O3/c1-4-26-32(33(37)38-22-8-5-6-9-22)30(25-10-7-11-27-24(25)14-15-34-27)31-28(35-26)17-21(18-29(31)36)23-13-12-19(2)16-20(23)3/h7,10-16,21-22,30,34-35H,4-6,8-9,17-18H2,1-3H3. The van der Waals surface area contributed by atoms with Crippen molar-refractivity contribution < 1.29 is 14.3 Å². The SMILES string of the molecule is CCC1=C(C(=O)OC2CCCC2)C(c2cccc3[nH]ccc23)C2=C(CC(c3ccc(C)cc3C)CC2=O)N1. The highest BCUT2D eigenvalue weighted by Crippen LogP contribution is 2.48. The zero-order chi connectivity index (χ0) is 26.4. The van der Waals surface area contributed by atoms with E-state index in [1.54, 1.807) is 0 Å². The molecule has 196 valence electrons. The summed E-state index contributed by atoms with van der Waals surface area (Å²) in [5.74, 6) is -0.498. The molecule has 0 radical (unpaired) electrons. The number of hydrogen-bond acceptors (Lipinski definition) is 4. The van der Waals surface area contributed by atoms with E-state index in [1.165, 1.54) is 16.7 Å². The van der Waals surface area contributed by atoms with E-state index in [9.17, 15) is 9.59 Å². The van der Waals surface area contributed by atoms with Gasteiger partial charge >= 0.3 is 5.97 Å². The quantitative estimate of drug-likeness (QED) is 0.363. The van der Waals surface area contributed by atoms with Gasteiger partial charge in [0.15, 0.2) is 5.78 Å². The van der Waals surface area contributed by atoms with Crippen LogP contribution in [0.1, 0.15) is 86.0 Å². The summed E-state index contributed by atoms with van der Waals surface area (Å²) in [6, 6.07) is 14.7. The van der Waals surface area contributed by atoms with Crippen molar-refractivity contribution >= 4 is 22.7 Å². The lowest BCUT2D eigenvalue weighted by Gasteiger charge is -2.38. The molecule has 3 aliphatic rings. The Morgan fingerprint density at radius 3 is 2.61 bits per heavy atom. The Hall–Kier alpha value is -3.60. The number of dihydropyridines is 1. The number of fused-ring (bicyclic) bond motifs is 1. The molecule has 2 unspecified atom stereocenters. The summed E-state index contributed by atoms with van der Waals surface area (Å²) in [4.78, 5) is 31.2. The van der Waals surface area contributed by atoms with Crippen LogP contribution in [0.3, 0.4) is 0 Å². The predicted octanol–water partition coefficient (Wildman–Crippen LogP) is 7.02. The van der Waals surface area contributed by atoms with Crippen LogP contribution in [-0.2, 0) is 14.3 Å². The molecule has 0 saturated heterocycles. The number of Topliss-reactive ketones (excluding diaryl/α,β-unsaturated/α-hetero) is 1. The lowest BCUT2D eigenvalue weighted by molar-refractivity contribution is -0.144. The third-order valence-corrected chi connectivity index (χ3v) is 8.67. The second-order valence-electron chi connectivity index (χ2n) is 11.2. The van der Waals surface area contributed by atoms with Gasteiger partial charge < -0.3 is 15.0 Å². The van der Waals surface area contributed by atoms with Gasteiger partial charge in [0.1, 0.15) is 6.10 Å². The van der Waals surface area contributed by atoms with E-state index in [0.717, 1.165) is 65.5 Å². The van der Waals surface area contributed by atoms with E-state index in [4.69, 9.17) is 4.74 Å². The van der Waals surface area contributed by atoms with Gasteiger partial charge in [-0.1, -0.05) is 42.8 Å². The molecule has 2 N–H and O–H groups in total. The van der Waals surface area contributed by atoms with E-state index in [1.807, 2.05) is 24.4 Å². The van der Waals surface area contributed by atoms with Gasteiger partial charge in [-0.25, -0.2) is 4.79 Å². The van der Waals surface area contributed by atoms with Crippen molar-refractivity contribution in [1.82, 2.24) is 10.3 Å². The number of allylic oxidation sites excluding steroid dienone is 3. The van der Waals surface area contributed by atoms with Gasteiger partial charge in [-0.05, 0) is 87.1 Å². The van der Waals surface area contributed by atoms with Crippen molar-refractivity contribution in [3.8, 4) is 0 Å². The molecular formula is C33H36N2O3. The molecule has 6 rings (SSSR count). The normalized spacial score (nSPS) is 22.1. The first-order valence-corrected chi connectivity index (χ1v) is 14.0. The summed E-state index contributed by atoms with van der Waals surface area (Å²) in [5.41, 5.74) is 8.84. The lowest BCUT2D eigenvalue weighted by atomic mass is 9.70. The van der Waals surface area contributed by atoms with Gasteiger partial charge in [0, 0.05) is 46.4 Å². The maximum absolute atomic E-state index is 14.1. The second-order valence-corrected chi connectivity index (χ2v) is 11.2. The predicted molar refractivity (Wildman–Crippen MR) is 150 cm³/mol. The largest absolute Gasteiger partial charge is 0.459 e. The fourth-order valence-electron chi connectivity index (χ4n) is 6.87. The summed E-state index contributed by atoms with van der Waals surface area (Å²) >= 11 is 0. The summed E-state index contributed by atoms with van der Waals surface area (Å²) in [6.45, 7) is 6.30. The van der Waals surface area contributed by atoms with E-state index >= 15 is 0 Å². The molecule has 38 heavy (non-hydrogen) atoms. The Morgan fingerprint density at radius 1 is 1.03 bits per heavy atom. The number of benzene rings is 2. The molecule has 2 aliphatic carbocycles. The molecule has 0 spiro atoms. The number of aryl methyl sites for hydroxylation is 2. The van der Waals surface area contributed by atoms with Crippen molar-refractivity contribution in [1.29, 1.82) is 0 Å². The molecule has 0 bridgehead atoms. The summed E-state index contributed by atoms with van der Waals surface area (Å²) in [6.07, 6.45) is 7.74. The highest BCUT2D eigenvalue weighted by Gasteiger charge is 2.43. The maximum atomic E-state index is 14.1. The number of aromatic amines is 1. The zero-order valence-corrected chi connectivity index (χ0v) is 22.5. The number of rotatable bonds is 5. The Labute approximate surface area is 224 Å².